The van der Waals surface area contributed by atoms with Gasteiger partial charge in [-0.1, -0.05) is 13.8 Å². The van der Waals surface area contributed by atoms with E-state index in [1.807, 2.05) is 4.90 Å². The Balaban J connectivity index is 2.32. The summed E-state index contributed by atoms with van der Waals surface area (Å²) in [6.07, 6.45) is -3.27. The van der Waals surface area contributed by atoms with Crippen LogP contribution in [0.15, 0.2) is 18.2 Å². The molecule has 0 aromatic heterocycles. The molecule has 0 spiro atoms. The first-order valence-corrected chi connectivity index (χ1v) is 6.74. The fourth-order valence-corrected chi connectivity index (χ4v) is 2.59. The minimum atomic E-state index is -4.50. The van der Waals surface area contributed by atoms with Crippen LogP contribution in [0.3, 0.4) is 0 Å². The number of hydrogen-bond donors (Lipinski definition) is 0. The molecule has 0 saturated carbocycles. The quantitative estimate of drug-likeness (QED) is 0.765. The van der Waals surface area contributed by atoms with Crippen LogP contribution < -0.4 is 4.90 Å². The molecule has 1 saturated heterocycles. The number of benzene rings is 1. The number of aldehydes is 1. The molecule has 1 fully saturated rings. The van der Waals surface area contributed by atoms with Gasteiger partial charge in [-0.3, -0.25) is 4.79 Å². The lowest BCUT2D eigenvalue weighted by Gasteiger charge is -2.37. The van der Waals surface area contributed by atoms with Crippen molar-refractivity contribution in [2.75, 3.05) is 18.0 Å². The van der Waals surface area contributed by atoms with E-state index in [1.165, 1.54) is 6.07 Å². The molecule has 110 valence electrons. The molecule has 0 aliphatic carbocycles. The van der Waals surface area contributed by atoms with Crippen LogP contribution in [0.4, 0.5) is 18.9 Å². The van der Waals surface area contributed by atoms with Gasteiger partial charge in [-0.05, 0) is 36.5 Å². The average molecular weight is 285 g/mol. The maximum atomic E-state index is 12.9. The summed E-state index contributed by atoms with van der Waals surface area (Å²) in [4.78, 5) is 12.7. The van der Waals surface area contributed by atoms with Crippen LogP contribution in [0.25, 0.3) is 0 Å². The zero-order chi connectivity index (χ0) is 14.9. The van der Waals surface area contributed by atoms with Gasteiger partial charge in [0.1, 0.15) is 0 Å². The number of carbonyl (C=O) groups excluding carboxylic acids is 1. The van der Waals surface area contributed by atoms with E-state index < -0.39 is 11.7 Å². The van der Waals surface area contributed by atoms with Crippen molar-refractivity contribution in [3.63, 3.8) is 0 Å². The van der Waals surface area contributed by atoms with Crippen molar-refractivity contribution in [2.45, 2.75) is 26.4 Å². The lowest BCUT2D eigenvalue weighted by atomic mass is 9.88. The Kier molecular flexibility index (Phi) is 4.06. The molecule has 2 nitrogen and oxygen atoms in total. The van der Waals surface area contributed by atoms with Crippen LogP contribution in [0.2, 0.25) is 0 Å². The molecule has 0 N–H and O–H groups in total. The van der Waals surface area contributed by atoms with E-state index in [4.69, 9.17) is 0 Å². The van der Waals surface area contributed by atoms with Gasteiger partial charge in [-0.25, -0.2) is 0 Å². The highest BCUT2D eigenvalue weighted by atomic mass is 19.4. The van der Waals surface area contributed by atoms with Crippen LogP contribution in [0.5, 0.6) is 0 Å². The van der Waals surface area contributed by atoms with E-state index in [0.717, 1.165) is 25.6 Å². The molecule has 2 unspecified atom stereocenters. The molecule has 2 rings (SSSR count). The van der Waals surface area contributed by atoms with Gasteiger partial charge in [-0.2, -0.15) is 13.2 Å². The van der Waals surface area contributed by atoms with Gasteiger partial charge in [0, 0.05) is 24.3 Å². The number of hydrogen-bond acceptors (Lipinski definition) is 2. The first-order chi connectivity index (χ1) is 9.32. The summed E-state index contributed by atoms with van der Waals surface area (Å²) in [5.41, 5.74) is -0.613. The molecule has 1 heterocycles. The fourth-order valence-electron chi connectivity index (χ4n) is 2.59. The zero-order valence-electron chi connectivity index (χ0n) is 11.6. The SMILES string of the molecule is CC1CCN(c2ccc(C=O)c(C(F)(F)F)c2)CC1C. The predicted octanol–water partition coefficient (Wildman–Crippen LogP) is 4.00. The predicted molar refractivity (Wildman–Crippen MR) is 72.0 cm³/mol. The van der Waals surface area contributed by atoms with Crippen LogP contribution in [0, 0.1) is 11.8 Å². The van der Waals surface area contributed by atoms with E-state index in [-0.39, 0.29) is 11.8 Å². The Morgan fingerprint density at radius 3 is 2.50 bits per heavy atom. The van der Waals surface area contributed by atoms with E-state index in [1.54, 1.807) is 6.07 Å². The summed E-state index contributed by atoms with van der Waals surface area (Å²) in [5, 5.41) is 0. The van der Waals surface area contributed by atoms with Gasteiger partial charge < -0.3 is 4.90 Å². The van der Waals surface area contributed by atoms with Crippen LogP contribution >= 0.6 is 0 Å². The summed E-state index contributed by atoms with van der Waals surface area (Å²) >= 11 is 0. The average Bonchev–Trinajstić information content (AvgIpc) is 2.40. The first kappa shape index (κ1) is 14.9. The van der Waals surface area contributed by atoms with Crippen molar-refractivity contribution in [2.24, 2.45) is 11.8 Å². The van der Waals surface area contributed by atoms with Gasteiger partial charge in [0.05, 0.1) is 5.56 Å². The topological polar surface area (TPSA) is 20.3 Å². The molecular weight excluding hydrogens is 267 g/mol. The third kappa shape index (κ3) is 2.97. The molecule has 1 aromatic rings. The van der Waals surface area contributed by atoms with Crippen LogP contribution in [-0.4, -0.2) is 19.4 Å². The summed E-state index contributed by atoms with van der Waals surface area (Å²) in [5.74, 6) is 1.03. The maximum absolute atomic E-state index is 12.9. The first-order valence-electron chi connectivity index (χ1n) is 6.74. The zero-order valence-corrected chi connectivity index (χ0v) is 11.6. The normalized spacial score (nSPS) is 23.8. The molecule has 1 aromatic carbocycles. The molecule has 5 heteroatoms. The molecule has 2 atom stereocenters. The second-order valence-corrected chi connectivity index (χ2v) is 5.58. The number of rotatable bonds is 2. The van der Waals surface area contributed by atoms with Crippen LogP contribution in [-0.2, 0) is 6.18 Å². The third-order valence-corrected chi connectivity index (χ3v) is 4.17. The van der Waals surface area contributed by atoms with Crippen LogP contribution in [0.1, 0.15) is 36.2 Å². The van der Waals surface area contributed by atoms with Gasteiger partial charge >= 0.3 is 6.18 Å². The third-order valence-electron chi connectivity index (χ3n) is 4.17. The summed E-state index contributed by atoms with van der Waals surface area (Å²) in [6, 6.07) is 3.95. The van der Waals surface area contributed by atoms with E-state index >= 15 is 0 Å². The van der Waals surface area contributed by atoms with Gasteiger partial charge in [0.15, 0.2) is 6.29 Å². The number of halogens is 3. The highest BCUT2D eigenvalue weighted by molar-refractivity contribution is 5.79. The van der Waals surface area contributed by atoms with Crippen molar-refractivity contribution < 1.29 is 18.0 Å². The molecule has 20 heavy (non-hydrogen) atoms. The van der Waals surface area contributed by atoms with E-state index in [9.17, 15) is 18.0 Å². The minimum absolute atomic E-state index is 0.257. The number of alkyl halides is 3. The Hall–Kier alpha value is -1.52. The molecule has 0 bridgehead atoms. The van der Waals surface area contributed by atoms with Gasteiger partial charge in [0.2, 0.25) is 0 Å². The minimum Gasteiger partial charge on any atom is -0.371 e. The van der Waals surface area contributed by atoms with Crippen molar-refractivity contribution in [1.29, 1.82) is 0 Å². The Bertz CT molecular complexity index is 498. The monoisotopic (exact) mass is 285 g/mol. The highest BCUT2D eigenvalue weighted by Gasteiger charge is 2.34. The Labute approximate surface area is 116 Å². The lowest BCUT2D eigenvalue weighted by Crippen LogP contribution is -2.38. The number of piperidine rings is 1. The molecular formula is C15H18F3NO. The standard InChI is InChI=1S/C15H18F3NO/c1-10-5-6-19(8-11(10)2)13-4-3-12(9-20)14(7-13)15(16,17)18/h3-4,7,9-11H,5-6,8H2,1-2H3. The van der Waals surface area contributed by atoms with Crippen molar-refractivity contribution in [3.8, 4) is 0 Å². The number of carbonyl (C=O) groups is 1. The Morgan fingerprint density at radius 2 is 1.95 bits per heavy atom. The molecule has 1 aliphatic rings. The molecule has 1 aliphatic heterocycles. The fraction of sp³-hybridized carbons (Fsp3) is 0.533. The second-order valence-electron chi connectivity index (χ2n) is 5.58. The lowest BCUT2D eigenvalue weighted by molar-refractivity contribution is -0.137. The smallest absolute Gasteiger partial charge is 0.371 e. The molecule has 0 amide bonds. The van der Waals surface area contributed by atoms with Crippen molar-refractivity contribution in [3.05, 3.63) is 29.3 Å². The van der Waals surface area contributed by atoms with E-state index in [2.05, 4.69) is 13.8 Å². The molecule has 0 radical (unpaired) electrons. The second kappa shape index (κ2) is 5.46. The van der Waals surface area contributed by atoms with Crippen molar-refractivity contribution >= 4 is 12.0 Å². The number of anilines is 1. The van der Waals surface area contributed by atoms with Crippen molar-refractivity contribution in [1.82, 2.24) is 0 Å². The largest absolute Gasteiger partial charge is 0.417 e. The summed E-state index contributed by atoms with van der Waals surface area (Å²) in [6.45, 7) is 5.78. The Morgan fingerprint density at radius 1 is 1.25 bits per heavy atom. The summed E-state index contributed by atoms with van der Waals surface area (Å²) < 4.78 is 38.8. The van der Waals surface area contributed by atoms with Gasteiger partial charge in [0.25, 0.3) is 0 Å². The maximum Gasteiger partial charge on any atom is 0.417 e. The number of nitrogens with zero attached hydrogens (tertiary/aromatic N) is 1. The highest BCUT2D eigenvalue weighted by Crippen LogP contribution is 2.35. The summed E-state index contributed by atoms with van der Waals surface area (Å²) in [7, 11) is 0. The van der Waals surface area contributed by atoms with E-state index in [0.29, 0.717) is 17.5 Å². The van der Waals surface area contributed by atoms with Gasteiger partial charge in [-0.15, -0.1) is 0 Å².